The van der Waals surface area contributed by atoms with E-state index >= 15 is 0 Å². The Morgan fingerprint density at radius 1 is 0.373 bits per heavy atom. The molecule has 10 rings (SSSR count). The zero-order valence-electron chi connectivity index (χ0n) is 39.3. The monoisotopic (exact) mass is 866 g/mol. The van der Waals surface area contributed by atoms with Gasteiger partial charge in [-0.3, -0.25) is 0 Å². The third kappa shape index (κ3) is 9.62. The van der Waals surface area contributed by atoms with Gasteiger partial charge in [0.05, 0.1) is 11.2 Å². The number of anilines is 3. The zero-order chi connectivity index (χ0) is 46.5. The number of pyridine rings is 1. The van der Waals surface area contributed by atoms with Crippen molar-refractivity contribution in [3.8, 4) is 66.9 Å². The van der Waals surface area contributed by atoms with Gasteiger partial charge in [-0.2, -0.15) is 0 Å². The van der Waals surface area contributed by atoms with Crippen LogP contribution in [0.3, 0.4) is 0 Å². The second-order valence-corrected chi connectivity index (χ2v) is 15.7. The van der Waals surface area contributed by atoms with E-state index in [2.05, 4.69) is 259 Å². The molecule has 0 unspecified atom stereocenters. The Morgan fingerprint density at radius 2 is 0.716 bits per heavy atom. The molecular weight excluding hydrogens is 809 g/mol. The normalized spacial score (nSPS) is 10.9. The van der Waals surface area contributed by atoms with E-state index in [0.717, 1.165) is 44.9 Å². The van der Waals surface area contributed by atoms with Gasteiger partial charge in [0, 0.05) is 34.4 Å². The SMILES string of the molecule is C=C/C(=C\C)c1ccc(N(c2ccc(-c3ccccc3)cc2)c2ccc(-c3ccc(-c4c(-c5ccc(-c6ccccc6)cc5)c(-c5ccccc5)c5ccccn45)cc3)cc2)cc1.CC.CC. The van der Waals surface area contributed by atoms with Crippen LogP contribution >= 0.6 is 0 Å². The van der Waals surface area contributed by atoms with Gasteiger partial charge in [-0.1, -0.05) is 228 Å². The molecule has 10 aromatic rings. The van der Waals surface area contributed by atoms with Crippen LogP contribution in [0.5, 0.6) is 0 Å². The minimum atomic E-state index is 1.08. The minimum Gasteiger partial charge on any atom is -0.315 e. The number of nitrogens with zero attached hydrogens (tertiary/aromatic N) is 2. The minimum absolute atomic E-state index is 1.08. The summed E-state index contributed by atoms with van der Waals surface area (Å²) in [5, 5.41) is 0. The number of benzene rings is 8. The highest BCUT2D eigenvalue weighted by atomic mass is 15.1. The largest absolute Gasteiger partial charge is 0.315 e. The maximum absolute atomic E-state index is 4.02. The van der Waals surface area contributed by atoms with Crippen molar-refractivity contribution in [2.24, 2.45) is 0 Å². The summed E-state index contributed by atoms with van der Waals surface area (Å²) in [5.41, 5.74) is 21.0. The number of fused-ring (bicyclic) bond motifs is 1. The van der Waals surface area contributed by atoms with Gasteiger partial charge in [-0.05, 0) is 117 Å². The van der Waals surface area contributed by atoms with Crippen LogP contribution in [0.15, 0.2) is 255 Å². The maximum atomic E-state index is 4.02. The van der Waals surface area contributed by atoms with Crippen LogP contribution in [0.4, 0.5) is 17.1 Å². The zero-order valence-corrected chi connectivity index (χ0v) is 39.3. The van der Waals surface area contributed by atoms with Crippen molar-refractivity contribution in [3.63, 3.8) is 0 Å². The van der Waals surface area contributed by atoms with Crippen molar-refractivity contribution in [1.82, 2.24) is 4.40 Å². The molecule has 0 spiro atoms. The molecule has 8 aromatic carbocycles. The maximum Gasteiger partial charge on any atom is 0.0613 e. The number of aromatic nitrogens is 1. The van der Waals surface area contributed by atoms with Crippen molar-refractivity contribution >= 4 is 28.2 Å². The lowest BCUT2D eigenvalue weighted by molar-refractivity contribution is 1.20. The summed E-state index contributed by atoms with van der Waals surface area (Å²) in [7, 11) is 0. The lowest BCUT2D eigenvalue weighted by Gasteiger charge is -2.26. The Labute approximate surface area is 398 Å². The molecule has 0 saturated heterocycles. The molecule has 2 nitrogen and oxygen atoms in total. The predicted molar refractivity (Wildman–Crippen MR) is 291 cm³/mol. The lowest BCUT2D eigenvalue weighted by Crippen LogP contribution is -2.09. The van der Waals surface area contributed by atoms with Crippen molar-refractivity contribution in [2.45, 2.75) is 34.6 Å². The molecule has 0 aliphatic heterocycles. The standard InChI is InChI=1S/C61H46N2.2C2H6/c1-3-44(4-2)47-31-37-55(38-32-47)63(56-39-33-50(34-40-56)46-18-10-6-11-19-46)57-41-35-51(36-42-57)49-25-29-54(30-26-49)61-60(53-27-23-48(24-28-53)45-16-8-5-9-17-45)59(52-20-12-7-13-21-52)58-22-14-15-43-62(58)61;2*1-2/h3-43H,1H2,2H3;2*1-2H3/b44-4+;;. The number of allylic oxidation sites excluding steroid dienone is 3. The fourth-order valence-corrected chi connectivity index (χ4v) is 8.84. The molecule has 2 heterocycles. The summed E-state index contributed by atoms with van der Waals surface area (Å²) in [6.07, 6.45) is 6.20. The fourth-order valence-electron chi connectivity index (χ4n) is 8.84. The van der Waals surface area contributed by atoms with E-state index < -0.39 is 0 Å². The number of hydrogen-bond acceptors (Lipinski definition) is 1. The molecular formula is C65H58N2. The van der Waals surface area contributed by atoms with Gasteiger partial charge in [0.15, 0.2) is 0 Å². The first kappa shape index (κ1) is 45.4. The van der Waals surface area contributed by atoms with Gasteiger partial charge in [0.2, 0.25) is 0 Å². The van der Waals surface area contributed by atoms with E-state index in [1.807, 2.05) is 40.7 Å². The quantitative estimate of drug-likeness (QED) is 0.118. The van der Waals surface area contributed by atoms with E-state index in [1.165, 1.54) is 55.7 Å². The van der Waals surface area contributed by atoms with Gasteiger partial charge in [0.25, 0.3) is 0 Å². The third-order valence-corrected chi connectivity index (χ3v) is 12.0. The molecule has 0 saturated carbocycles. The van der Waals surface area contributed by atoms with Crippen molar-refractivity contribution < 1.29 is 0 Å². The van der Waals surface area contributed by atoms with Crippen LogP contribution in [0, 0.1) is 0 Å². The van der Waals surface area contributed by atoms with Crippen LogP contribution in [-0.4, -0.2) is 4.40 Å². The second-order valence-electron chi connectivity index (χ2n) is 15.7. The Balaban J connectivity index is 0.00000148. The molecule has 0 amide bonds. The summed E-state index contributed by atoms with van der Waals surface area (Å²) < 4.78 is 2.36. The highest BCUT2D eigenvalue weighted by molar-refractivity contribution is 6.03. The molecule has 67 heavy (non-hydrogen) atoms. The summed E-state index contributed by atoms with van der Waals surface area (Å²) in [4.78, 5) is 2.32. The van der Waals surface area contributed by atoms with E-state index in [0.29, 0.717) is 0 Å². The molecule has 328 valence electrons. The highest BCUT2D eigenvalue weighted by Gasteiger charge is 2.22. The van der Waals surface area contributed by atoms with E-state index in [4.69, 9.17) is 0 Å². The average Bonchev–Trinajstić information content (AvgIpc) is 3.77. The highest BCUT2D eigenvalue weighted by Crippen LogP contribution is 2.46. The predicted octanol–water partition coefficient (Wildman–Crippen LogP) is 19.1. The van der Waals surface area contributed by atoms with Gasteiger partial charge >= 0.3 is 0 Å². The smallest absolute Gasteiger partial charge is 0.0613 e. The topological polar surface area (TPSA) is 7.65 Å². The van der Waals surface area contributed by atoms with Gasteiger partial charge < -0.3 is 9.30 Å². The van der Waals surface area contributed by atoms with E-state index in [-0.39, 0.29) is 0 Å². The summed E-state index contributed by atoms with van der Waals surface area (Å²) >= 11 is 0. The summed E-state index contributed by atoms with van der Waals surface area (Å²) in [6.45, 7) is 14.1. The molecule has 0 fully saturated rings. The van der Waals surface area contributed by atoms with Gasteiger partial charge in [-0.15, -0.1) is 0 Å². The van der Waals surface area contributed by atoms with Gasteiger partial charge in [-0.25, -0.2) is 0 Å². The number of rotatable bonds is 11. The van der Waals surface area contributed by atoms with Crippen LogP contribution in [0.1, 0.15) is 40.2 Å². The Kier molecular flexibility index (Phi) is 14.7. The van der Waals surface area contributed by atoms with Crippen molar-refractivity contribution in [1.29, 1.82) is 0 Å². The third-order valence-electron chi connectivity index (χ3n) is 12.0. The van der Waals surface area contributed by atoms with Crippen LogP contribution < -0.4 is 4.90 Å². The van der Waals surface area contributed by atoms with Crippen molar-refractivity contribution in [2.75, 3.05) is 4.90 Å². The molecule has 2 aromatic heterocycles. The average molecular weight is 867 g/mol. The summed E-state index contributed by atoms with van der Waals surface area (Å²) in [5.74, 6) is 0. The Hall–Kier alpha value is -8.20. The first-order valence-corrected chi connectivity index (χ1v) is 23.6. The lowest BCUT2D eigenvalue weighted by atomic mass is 9.92. The molecule has 0 radical (unpaired) electrons. The first-order chi connectivity index (χ1) is 33.2. The van der Waals surface area contributed by atoms with Crippen LogP contribution in [0.2, 0.25) is 0 Å². The van der Waals surface area contributed by atoms with Crippen LogP contribution in [0.25, 0.3) is 78.0 Å². The van der Waals surface area contributed by atoms with E-state index in [1.54, 1.807) is 0 Å². The number of hydrogen-bond donors (Lipinski definition) is 0. The molecule has 0 aliphatic rings. The Bertz CT molecular complexity index is 3160. The Morgan fingerprint density at radius 3 is 1.15 bits per heavy atom. The van der Waals surface area contributed by atoms with Crippen LogP contribution in [-0.2, 0) is 0 Å². The molecule has 0 N–H and O–H groups in total. The summed E-state index contributed by atoms with van der Waals surface area (Å²) in [6, 6.07) is 83.0. The van der Waals surface area contributed by atoms with Gasteiger partial charge in [0.1, 0.15) is 0 Å². The molecule has 2 heteroatoms. The molecule has 0 atom stereocenters. The molecule has 0 bridgehead atoms. The first-order valence-electron chi connectivity index (χ1n) is 23.6. The van der Waals surface area contributed by atoms with Crippen molar-refractivity contribution in [3.05, 3.63) is 261 Å². The molecule has 0 aliphatic carbocycles. The fraction of sp³-hybridized carbons (Fsp3) is 0.0769. The second kappa shape index (κ2) is 21.7. The van der Waals surface area contributed by atoms with E-state index in [9.17, 15) is 0 Å².